The average Bonchev–Trinajstić information content (AvgIpc) is 3.84. The molecule has 0 bridgehead atoms. The normalized spacial score (nSPS) is 15.2. The van der Waals surface area contributed by atoms with E-state index < -0.39 is 0 Å². The lowest BCUT2D eigenvalue weighted by molar-refractivity contribution is 0.0974. The van der Waals surface area contributed by atoms with E-state index >= 15 is 0 Å². The van der Waals surface area contributed by atoms with Gasteiger partial charge in [-0.25, -0.2) is 4.39 Å². The van der Waals surface area contributed by atoms with Gasteiger partial charge >= 0.3 is 0 Å². The molecule has 2 aromatic carbocycles. The van der Waals surface area contributed by atoms with Crippen LogP contribution in [0.25, 0.3) is 21.8 Å². The topological polar surface area (TPSA) is 143 Å². The molecule has 0 spiro atoms. The van der Waals surface area contributed by atoms with Crippen LogP contribution in [0.2, 0.25) is 0 Å². The van der Waals surface area contributed by atoms with Crippen LogP contribution < -0.4 is 25.9 Å². The van der Waals surface area contributed by atoms with Crippen LogP contribution in [0.15, 0.2) is 70.3 Å². The fourth-order valence-corrected chi connectivity index (χ4v) is 11.0. The van der Waals surface area contributed by atoms with Crippen molar-refractivity contribution >= 4 is 61.7 Å². The van der Waals surface area contributed by atoms with Crippen molar-refractivity contribution in [2.24, 2.45) is 11.8 Å². The molecule has 2 unspecified atom stereocenters. The number of para-hydroxylation sites is 2. The molecular formula is C56H74BrClF2N6O6. The molecule has 392 valence electrons. The van der Waals surface area contributed by atoms with Crippen molar-refractivity contribution in [2.75, 3.05) is 65.6 Å². The van der Waals surface area contributed by atoms with Crippen molar-refractivity contribution in [3.05, 3.63) is 126 Å². The van der Waals surface area contributed by atoms with E-state index in [-0.39, 0.29) is 67.3 Å². The summed E-state index contributed by atoms with van der Waals surface area (Å²) >= 11 is 2.87. The monoisotopic (exact) mass is 1080 g/mol. The van der Waals surface area contributed by atoms with Crippen LogP contribution >= 0.6 is 28.3 Å². The van der Waals surface area contributed by atoms with Crippen LogP contribution in [0, 0.1) is 39.5 Å². The van der Waals surface area contributed by atoms with Gasteiger partial charge in [0, 0.05) is 92.5 Å². The lowest BCUT2D eigenvalue weighted by atomic mass is 9.90. The molecule has 3 N–H and O–H groups in total. The van der Waals surface area contributed by atoms with Crippen molar-refractivity contribution in [1.82, 2.24) is 29.3 Å². The number of aromatic amines is 2. The van der Waals surface area contributed by atoms with Gasteiger partial charge in [-0.2, -0.15) is 0 Å². The first-order chi connectivity index (χ1) is 34.2. The van der Waals surface area contributed by atoms with E-state index in [1.165, 1.54) is 0 Å². The Hall–Kier alpha value is -5.09. The summed E-state index contributed by atoms with van der Waals surface area (Å²) in [6, 6.07) is 20.4. The lowest BCUT2D eigenvalue weighted by Crippen LogP contribution is -2.37. The number of methoxy groups -OCH3 is 2. The van der Waals surface area contributed by atoms with Gasteiger partial charge in [0.25, 0.3) is 11.1 Å². The Balaban J connectivity index is 0.000000247. The van der Waals surface area contributed by atoms with Crippen molar-refractivity contribution in [3.8, 4) is 11.5 Å². The van der Waals surface area contributed by atoms with E-state index in [0.717, 1.165) is 108 Å². The summed E-state index contributed by atoms with van der Waals surface area (Å²) < 4.78 is 38.9. The molecular weight excluding hydrogens is 1010 g/mol. The van der Waals surface area contributed by atoms with Gasteiger partial charge in [0.1, 0.15) is 18.2 Å². The number of ether oxygens (including phenoxy) is 2. The number of rotatable bonds is 17. The second kappa shape index (κ2) is 27.3. The van der Waals surface area contributed by atoms with Gasteiger partial charge in [-0.15, -0.1) is 12.4 Å². The highest BCUT2D eigenvalue weighted by Gasteiger charge is 2.30. The molecule has 4 aromatic heterocycles. The maximum Gasteiger partial charge on any atom is 0.255 e. The summed E-state index contributed by atoms with van der Waals surface area (Å²) in [5.74, 6) is 2.22. The number of hydrogen-bond donors (Lipinski definition) is 3. The minimum atomic E-state index is -0.298. The van der Waals surface area contributed by atoms with Crippen LogP contribution in [0.5, 0.6) is 11.5 Å². The number of aromatic nitrogens is 4. The van der Waals surface area contributed by atoms with Gasteiger partial charge in [0.05, 0.1) is 32.0 Å². The number of fused-ring (bicyclic) bond motifs is 2. The summed E-state index contributed by atoms with van der Waals surface area (Å²) in [4.78, 5) is 59.8. The van der Waals surface area contributed by atoms with Gasteiger partial charge in [-0.3, -0.25) is 23.6 Å². The fraction of sp³-hybridized carbons (Fsp3) is 0.500. The molecule has 6 heterocycles. The van der Waals surface area contributed by atoms with Gasteiger partial charge in [0.15, 0.2) is 11.6 Å². The van der Waals surface area contributed by atoms with Gasteiger partial charge in [-0.1, -0.05) is 52.3 Å². The number of hydrogen-bond acceptors (Lipinski definition) is 8. The average molecular weight is 1080 g/mol. The molecule has 0 amide bonds. The highest BCUT2D eigenvalue weighted by Crippen LogP contribution is 2.38. The zero-order valence-electron chi connectivity index (χ0n) is 43.2. The van der Waals surface area contributed by atoms with Crippen LogP contribution in [0.3, 0.4) is 0 Å². The molecule has 0 radical (unpaired) electrons. The van der Waals surface area contributed by atoms with E-state index in [1.807, 2.05) is 57.2 Å². The third-order valence-electron chi connectivity index (χ3n) is 14.6. The summed E-state index contributed by atoms with van der Waals surface area (Å²) in [6.45, 7) is 16.1. The Morgan fingerprint density at radius 3 is 1.47 bits per heavy atom. The number of halogens is 4. The van der Waals surface area contributed by atoms with E-state index in [1.54, 1.807) is 26.4 Å². The van der Waals surface area contributed by atoms with E-state index in [9.17, 15) is 28.0 Å². The Kier molecular flexibility index (Phi) is 21.9. The van der Waals surface area contributed by atoms with Gasteiger partial charge < -0.3 is 38.8 Å². The number of carbonyl (C=O) groups excluding carboxylic acids is 2. The Morgan fingerprint density at radius 2 is 1.08 bits per heavy atom. The number of carbonyl (C=O) groups is 2. The molecule has 2 aliphatic rings. The molecule has 72 heavy (non-hydrogen) atoms. The molecule has 2 saturated heterocycles. The summed E-state index contributed by atoms with van der Waals surface area (Å²) in [5.41, 5.74) is 7.80. The van der Waals surface area contributed by atoms with Gasteiger partial charge in [-0.05, 0) is 142 Å². The van der Waals surface area contributed by atoms with Crippen LogP contribution in [0.4, 0.5) is 8.78 Å². The number of pyridine rings is 2. The zero-order chi connectivity index (χ0) is 51.4. The number of aryl methyl sites for hydroxylation is 2. The fourth-order valence-electron chi connectivity index (χ4n) is 11.0. The van der Waals surface area contributed by atoms with E-state index in [2.05, 4.69) is 78.2 Å². The second-order valence-corrected chi connectivity index (χ2v) is 19.8. The smallest absolute Gasteiger partial charge is 0.255 e. The molecule has 16 heteroatoms. The molecule has 6 aromatic rings. The number of Topliss-reactive ketones (excluding diaryl/α,β-unsaturated/α-hetero) is 2. The number of likely N-dealkylation sites (tertiary alicyclic amines) is 1. The summed E-state index contributed by atoms with van der Waals surface area (Å²) in [7, 11) is 3.10. The molecule has 12 nitrogen and oxygen atoms in total. The predicted molar refractivity (Wildman–Crippen MR) is 293 cm³/mol. The minimum Gasteiger partial charge on any atom is -0.496 e. The lowest BCUT2D eigenvalue weighted by Gasteiger charge is -2.35. The predicted octanol–water partition coefficient (Wildman–Crippen LogP) is 11.1. The van der Waals surface area contributed by atoms with Crippen LogP contribution in [-0.4, -0.2) is 101 Å². The molecule has 2 fully saturated rings. The van der Waals surface area contributed by atoms with E-state index in [0.29, 0.717) is 65.2 Å². The van der Waals surface area contributed by atoms with Crippen molar-refractivity contribution in [2.45, 2.75) is 105 Å². The first kappa shape index (κ1) is 57.8. The Morgan fingerprint density at radius 1 is 0.681 bits per heavy atom. The van der Waals surface area contributed by atoms with Gasteiger partial charge in [0.2, 0.25) is 0 Å². The third kappa shape index (κ3) is 13.4. The largest absolute Gasteiger partial charge is 0.496 e. The van der Waals surface area contributed by atoms with E-state index in [4.69, 9.17) is 9.47 Å². The zero-order valence-corrected chi connectivity index (χ0v) is 45.6. The standard InChI is InChI=1S/C28H36FN3O3.C26H33N3O3.C2H4BrF.ClH/c1-18-17-26(35-4)23(28(34)30-18)9-10-25(33)27-20(3)32(24-8-6-5-7-22(24)27)19(2)21-11-14-31(15-12-21)16-13-29;1-16-15-24(32-4)21(26(31)28-16)9-10-23(30)25-18(3)29(22-8-6-5-7-20(22)25)17(2)19-11-13-27-14-12-19;3-1-2-4;/h5-8,17,19,21H,9-16H2,1-4H3,(H,30,34);5-8,15,17,19,27H,9-14H2,1-4H3,(H,28,31);1-2H2;1H. The van der Waals surface area contributed by atoms with Crippen LogP contribution in [0.1, 0.15) is 119 Å². The molecule has 8 rings (SSSR count). The maximum absolute atomic E-state index is 13.5. The highest BCUT2D eigenvalue weighted by atomic mass is 79.9. The Bertz CT molecular complexity index is 2880. The summed E-state index contributed by atoms with van der Waals surface area (Å²) in [5, 5.41) is 5.87. The first-order valence-corrected chi connectivity index (χ1v) is 26.2. The number of alkyl halides is 3. The number of benzene rings is 2. The van der Waals surface area contributed by atoms with Crippen molar-refractivity contribution in [3.63, 3.8) is 0 Å². The van der Waals surface area contributed by atoms with Crippen LogP contribution in [-0.2, 0) is 12.8 Å². The maximum atomic E-state index is 13.5. The number of nitrogens with zero attached hydrogens (tertiary/aromatic N) is 3. The Labute approximate surface area is 437 Å². The quantitative estimate of drug-likeness (QED) is 0.0605. The molecule has 2 aliphatic heterocycles. The van der Waals surface area contributed by atoms with Crippen molar-refractivity contribution < 1.29 is 27.8 Å². The molecule has 0 aliphatic carbocycles. The van der Waals surface area contributed by atoms with Crippen molar-refractivity contribution in [1.29, 1.82) is 0 Å². The SMILES string of the molecule is COc1cc(C)[nH]c(=O)c1CCC(=O)c1c(C)n(C(C)C2CCN(CCF)CC2)c2ccccc12.COc1cc(C)[nH]c(=O)c1CCC(=O)c1c(C)n(C(C)C2CCNCC2)c2ccccc12.Cl.FCCBr. The number of H-pyrrole nitrogens is 2. The minimum absolute atomic E-state index is 0. The molecule has 0 saturated carbocycles. The molecule has 2 atom stereocenters. The summed E-state index contributed by atoms with van der Waals surface area (Å²) in [6.07, 6.45) is 5.49. The second-order valence-electron chi connectivity index (χ2n) is 19.0. The number of nitrogens with one attached hydrogen (secondary N) is 3. The third-order valence-corrected chi connectivity index (χ3v) is 14.9. The number of piperidine rings is 2. The highest BCUT2D eigenvalue weighted by molar-refractivity contribution is 9.09. The number of ketones is 2. The first-order valence-electron chi connectivity index (χ1n) is 25.1.